The molecule has 0 spiro atoms. The predicted octanol–water partition coefficient (Wildman–Crippen LogP) is 0.459. The van der Waals surface area contributed by atoms with E-state index in [0.29, 0.717) is 5.69 Å². The average Bonchev–Trinajstić information content (AvgIpc) is 3.03. The molecule has 0 radical (unpaired) electrons. The van der Waals surface area contributed by atoms with Crippen molar-refractivity contribution in [2.24, 2.45) is 14.1 Å². The number of aryl methyl sites for hydroxylation is 2. The maximum atomic E-state index is 12.5. The molecular weight excluding hydrogens is 412 g/mol. The van der Waals surface area contributed by atoms with Crippen molar-refractivity contribution in [1.29, 1.82) is 0 Å². The zero-order valence-electron chi connectivity index (χ0n) is 16.9. The number of imidazole rings is 1. The van der Waals surface area contributed by atoms with Crippen LogP contribution in [0.1, 0.15) is 11.1 Å². The van der Waals surface area contributed by atoms with Gasteiger partial charge in [0, 0.05) is 19.8 Å². The van der Waals surface area contributed by atoms with Gasteiger partial charge in [-0.15, -0.1) is 0 Å². The molecule has 30 heavy (non-hydrogen) atoms. The molecule has 2 N–H and O–H groups in total. The maximum Gasteiger partial charge on any atom is 0.332 e. The molecule has 158 valence electrons. The number of benzene rings is 1. The molecule has 0 aliphatic carbocycles. The van der Waals surface area contributed by atoms with Gasteiger partial charge in [-0.2, -0.15) is 4.98 Å². The van der Waals surface area contributed by atoms with Crippen molar-refractivity contribution in [3.05, 3.63) is 55.4 Å². The van der Waals surface area contributed by atoms with Crippen LogP contribution in [0.4, 0.5) is 5.69 Å². The van der Waals surface area contributed by atoms with E-state index in [2.05, 4.69) is 15.6 Å². The van der Waals surface area contributed by atoms with Crippen molar-refractivity contribution in [3.8, 4) is 0 Å². The number of nitrogens with zero attached hydrogens (tertiary/aromatic N) is 4. The normalized spacial score (nSPS) is 11.0. The Balaban J connectivity index is 1.74. The Labute approximate surface area is 176 Å². The van der Waals surface area contributed by atoms with E-state index in [-0.39, 0.29) is 29.5 Å². The summed E-state index contributed by atoms with van der Waals surface area (Å²) in [7, 11) is 2.78. The highest BCUT2D eigenvalue weighted by Crippen LogP contribution is 2.18. The van der Waals surface area contributed by atoms with E-state index < -0.39 is 23.1 Å². The molecule has 1 aromatic carbocycles. The van der Waals surface area contributed by atoms with Crippen LogP contribution in [0.15, 0.2) is 27.8 Å². The number of fused-ring (bicyclic) bond motifs is 1. The molecule has 0 aliphatic heterocycles. The monoisotopic (exact) mass is 432 g/mol. The molecule has 0 saturated heterocycles. The summed E-state index contributed by atoms with van der Waals surface area (Å²) in [6.07, 6.45) is 0. The summed E-state index contributed by atoms with van der Waals surface area (Å²) in [6, 6.07) is 5.54. The number of hydrogen-bond acceptors (Lipinski definition) is 5. The van der Waals surface area contributed by atoms with E-state index in [1.54, 1.807) is 6.07 Å². The minimum atomic E-state index is -0.618. The Kier molecular flexibility index (Phi) is 5.79. The van der Waals surface area contributed by atoms with Gasteiger partial charge in [-0.05, 0) is 42.6 Å². The van der Waals surface area contributed by atoms with Crippen LogP contribution in [0, 0.1) is 13.8 Å². The fraction of sp³-hybridized carbons (Fsp3) is 0.316. The Morgan fingerprint density at radius 2 is 1.80 bits per heavy atom. The van der Waals surface area contributed by atoms with Gasteiger partial charge in [0.05, 0.1) is 6.54 Å². The van der Waals surface area contributed by atoms with Crippen molar-refractivity contribution in [1.82, 2.24) is 24.0 Å². The topological polar surface area (TPSA) is 120 Å². The quantitative estimate of drug-likeness (QED) is 0.567. The van der Waals surface area contributed by atoms with Crippen LogP contribution in [0.5, 0.6) is 0 Å². The highest BCUT2D eigenvalue weighted by molar-refractivity contribution is 6.29. The van der Waals surface area contributed by atoms with E-state index in [4.69, 9.17) is 11.6 Å². The number of halogens is 1. The minimum Gasteiger partial charge on any atom is -0.345 e. The lowest BCUT2D eigenvalue weighted by molar-refractivity contribution is -0.124. The lowest BCUT2D eigenvalue weighted by atomic mass is 10.1. The first-order valence-corrected chi connectivity index (χ1v) is 9.44. The smallest absolute Gasteiger partial charge is 0.332 e. The molecule has 0 saturated carbocycles. The van der Waals surface area contributed by atoms with Crippen molar-refractivity contribution in [2.45, 2.75) is 20.4 Å². The van der Waals surface area contributed by atoms with Crippen molar-refractivity contribution >= 4 is 40.3 Å². The Morgan fingerprint density at radius 3 is 2.50 bits per heavy atom. The summed E-state index contributed by atoms with van der Waals surface area (Å²) < 4.78 is 3.29. The van der Waals surface area contributed by atoms with E-state index in [0.717, 1.165) is 15.7 Å². The molecule has 2 amide bonds. The zero-order valence-corrected chi connectivity index (χ0v) is 17.7. The van der Waals surface area contributed by atoms with Gasteiger partial charge in [0.25, 0.3) is 5.56 Å². The molecule has 11 heteroatoms. The second-order valence-corrected chi connectivity index (χ2v) is 7.26. The summed E-state index contributed by atoms with van der Waals surface area (Å²) >= 11 is 6.09. The van der Waals surface area contributed by atoms with Gasteiger partial charge in [0.15, 0.2) is 11.2 Å². The van der Waals surface area contributed by atoms with Gasteiger partial charge in [-0.25, -0.2) is 4.79 Å². The molecule has 2 aromatic heterocycles. The van der Waals surface area contributed by atoms with Crippen LogP contribution >= 0.6 is 11.6 Å². The summed E-state index contributed by atoms with van der Waals surface area (Å²) in [6.45, 7) is 3.24. The highest BCUT2D eigenvalue weighted by atomic mass is 35.5. The molecule has 0 aliphatic rings. The van der Waals surface area contributed by atoms with E-state index in [9.17, 15) is 19.2 Å². The summed E-state index contributed by atoms with van der Waals surface area (Å²) in [5, 5.41) is 5.13. The number of amides is 2. The number of carbonyl (C=O) groups excluding carboxylic acids is 2. The molecule has 2 heterocycles. The van der Waals surface area contributed by atoms with Gasteiger partial charge < -0.3 is 10.6 Å². The Hall–Kier alpha value is -3.40. The molecule has 0 unspecified atom stereocenters. The lowest BCUT2D eigenvalue weighted by Crippen LogP contribution is -2.38. The fourth-order valence-electron chi connectivity index (χ4n) is 3.02. The number of rotatable bonds is 5. The number of nitrogens with one attached hydrogen (secondary N) is 2. The number of aromatic nitrogens is 4. The predicted molar refractivity (Wildman–Crippen MR) is 113 cm³/mol. The van der Waals surface area contributed by atoms with Crippen LogP contribution in [-0.4, -0.2) is 37.0 Å². The number of hydrogen-bond donors (Lipinski definition) is 2. The van der Waals surface area contributed by atoms with Crippen LogP contribution in [0.2, 0.25) is 5.28 Å². The number of carbonyl (C=O) groups is 2. The highest BCUT2D eigenvalue weighted by Gasteiger charge is 2.20. The second kappa shape index (κ2) is 8.15. The molecule has 10 nitrogen and oxygen atoms in total. The van der Waals surface area contributed by atoms with Gasteiger partial charge in [-0.1, -0.05) is 12.1 Å². The van der Waals surface area contributed by atoms with E-state index >= 15 is 0 Å². The largest absolute Gasteiger partial charge is 0.345 e. The first-order valence-electron chi connectivity index (χ1n) is 9.06. The lowest BCUT2D eigenvalue weighted by Gasteiger charge is -2.11. The minimum absolute atomic E-state index is 0.0274. The van der Waals surface area contributed by atoms with E-state index in [1.807, 2.05) is 26.0 Å². The maximum absolute atomic E-state index is 12.5. The third-order valence-electron chi connectivity index (χ3n) is 4.93. The van der Waals surface area contributed by atoms with Crippen LogP contribution in [0.3, 0.4) is 0 Å². The van der Waals surface area contributed by atoms with Crippen molar-refractivity contribution in [3.63, 3.8) is 0 Å². The standard InChI is InChI=1S/C19H21ClN6O4/c1-10-6-5-7-12(11(10)2)22-13(27)8-21-14(28)9-26-15-16(23-18(26)20)24(3)19(30)25(4)17(15)29/h5-7H,8-9H2,1-4H3,(H,21,28)(H,22,27). The van der Waals surface area contributed by atoms with Crippen molar-refractivity contribution in [2.75, 3.05) is 11.9 Å². The SMILES string of the molecule is Cc1cccc(NC(=O)CNC(=O)Cn2c(Cl)nc3c2c(=O)n(C)c(=O)n3C)c1C. The molecule has 0 bridgehead atoms. The molecule has 0 fully saturated rings. The zero-order chi connectivity index (χ0) is 22.2. The van der Waals surface area contributed by atoms with Gasteiger partial charge in [-0.3, -0.25) is 28.1 Å². The van der Waals surface area contributed by atoms with Crippen molar-refractivity contribution < 1.29 is 9.59 Å². The Bertz CT molecular complexity index is 1290. The van der Waals surface area contributed by atoms with Crippen LogP contribution in [0.25, 0.3) is 11.2 Å². The number of anilines is 1. The molecule has 3 aromatic rings. The first kappa shape index (κ1) is 21.3. The van der Waals surface area contributed by atoms with Crippen LogP contribution < -0.4 is 21.9 Å². The average molecular weight is 433 g/mol. The van der Waals surface area contributed by atoms with E-state index in [1.165, 1.54) is 23.2 Å². The summed E-state index contributed by atoms with van der Waals surface area (Å²) in [5.74, 6) is -0.930. The second-order valence-electron chi connectivity index (χ2n) is 6.92. The Morgan fingerprint density at radius 1 is 1.10 bits per heavy atom. The van der Waals surface area contributed by atoms with Gasteiger partial charge in [0.2, 0.25) is 17.1 Å². The molecule has 3 rings (SSSR count). The van der Waals surface area contributed by atoms with Gasteiger partial charge in [0.1, 0.15) is 6.54 Å². The third-order valence-corrected chi connectivity index (χ3v) is 5.22. The third kappa shape index (κ3) is 3.86. The molecular formula is C19H21ClN6O4. The van der Waals surface area contributed by atoms with Crippen LogP contribution in [-0.2, 0) is 30.2 Å². The first-order chi connectivity index (χ1) is 14.1. The summed E-state index contributed by atoms with van der Waals surface area (Å²) in [4.78, 5) is 53.1. The molecule has 0 atom stereocenters. The summed E-state index contributed by atoms with van der Waals surface area (Å²) in [5.41, 5.74) is 1.58. The van der Waals surface area contributed by atoms with Gasteiger partial charge >= 0.3 is 5.69 Å². The fourth-order valence-corrected chi connectivity index (χ4v) is 3.25.